The largest absolute Gasteiger partial charge is 0.477 e. The first-order chi connectivity index (χ1) is 7.13. The van der Waals surface area contributed by atoms with Crippen LogP contribution in [0, 0.1) is 18.8 Å². The number of rotatable bonds is 3. The summed E-state index contributed by atoms with van der Waals surface area (Å²) in [5.41, 5.74) is 0.587. The Kier molecular flexibility index (Phi) is 3.63. The molecular formula is C10H11N3O2. The van der Waals surface area contributed by atoms with Crippen molar-refractivity contribution in [2.24, 2.45) is 0 Å². The SMILES string of the molecule is CC#CCNc1nc(C)cc(C(=O)O)n1. The predicted molar refractivity (Wildman–Crippen MR) is 55.7 cm³/mol. The van der Waals surface area contributed by atoms with Crippen LogP contribution in [-0.2, 0) is 0 Å². The first-order valence-corrected chi connectivity index (χ1v) is 4.36. The maximum absolute atomic E-state index is 10.7. The van der Waals surface area contributed by atoms with Gasteiger partial charge < -0.3 is 10.4 Å². The Bertz CT molecular complexity index is 432. The Morgan fingerprint density at radius 2 is 2.33 bits per heavy atom. The van der Waals surface area contributed by atoms with Gasteiger partial charge in [-0.2, -0.15) is 0 Å². The van der Waals surface area contributed by atoms with Crippen LogP contribution in [0.15, 0.2) is 6.07 Å². The Balaban J connectivity index is 2.87. The summed E-state index contributed by atoms with van der Waals surface area (Å²) in [6, 6.07) is 1.42. The fraction of sp³-hybridized carbons (Fsp3) is 0.300. The van der Waals surface area contributed by atoms with E-state index in [0.717, 1.165) is 0 Å². The molecule has 0 radical (unpaired) electrons. The number of carboxylic acid groups (broad SMARTS) is 1. The molecule has 1 heterocycles. The summed E-state index contributed by atoms with van der Waals surface area (Å²) >= 11 is 0. The van der Waals surface area contributed by atoms with Crippen molar-refractivity contribution in [1.82, 2.24) is 9.97 Å². The average molecular weight is 205 g/mol. The molecule has 0 saturated carbocycles. The predicted octanol–water partition coefficient (Wildman–Crippen LogP) is 0.918. The lowest BCUT2D eigenvalue weighted by Crippen LogP contribution is -2.09. The number of carboxylic acids is 1. The minimum atomic E-state index is -1.06. The summed E-state index contributed by atoms with van der Waals surface area (Å²) in [7, 11) is 0. The number of nitrogens with zero attached hydrogens (tertiary/aromatic N) is 2. The minimum Gasteiger partial charge on any atom is -0.477 e. The van der Waals surface area contributed by atoms with Crippen molar-refractivity contribution in [3.63, 3.8) is 0 Å². The molecule has 0 atom stereocenters. The second-order valence-electron chi connectivity index (χ2n) is 2.80. The van der Waals surface area contributed by atoms with Crippen molar-refractivity contribution in [2.75, 3.05) is 11.9 Å². The number of hydrogen-bond acceptors (Lipinski definition) is 4. The van der Waals surface area contributed by atoms with E-state index in [2.05, 4.69) is 27.1 Å². The van der Waals surface area contributed by atoms with Crippen LogP contribution in [0.2, 0.25) is 0 Å². The fourth-order valence-electron chi connectivity index (χ4n) is 0.969. The molecule has 1 aromatic rings. The van der Waals surface area contributed by atoms with E-state index in [1.807, 2.05) is 0 Å². The van der Waals surface area contributed by atoms with Crippen LogP contribution in [0.5, 0.6) is 0 Å². The summed E-state index contributed by atoms with van der Waals surface area (Å²) < 4.78 is 0. The molecule has 0 aliphatic rings. The lowest BCUT2D eigenvalue weighted by Gasteiger charge is -2.02. The molecule has 0 fully saturated rings. The number of aromatic carboxylic acids is 1. The lowest BCUT2D eigenvalue weighted by molar-refractivity contribution is 0.0690. The molecule has 5 heteroatoms. The van der Waals surface area contributed by atoms with Crippen molar-refractivity contribution < 1.29 is 9.90 Å². The Morgan fingerprint density at radius 1 is 1.60 bits per heavy atom. The molecule has 0 spiro atoms. The Hall–Kier alpha value is -2.09. The van der Waals surface area contributed by atoms with Gasteiger partial charge in [-0.25, -0.2) is 14.8 Å². The third kappa shape index (κ3) is 3.27. The van der Waals surface area contributed by atoms with E-state index in [4.69, 9.17) is 5.11 Å². The normalized spacial score (nSPS) is 8.93. The highest BCUT2D eigenvalue weighted by atomic mass is 16.4. The molecule has 0 aliphatic heterocycles. The topological polar surface area (TPSA) is 75.1 Å². The number of anilines is 1. The van der Waals surface area contributed by atoms with Crippen LogP contribution < -0.4 is 5.32 Å². The second-order valence-corrected chi connectivity index (χ2v) is 2.80. The smallest absolute Gasteiger partial charge is 0.354 e. The molecule has 0 saturated heterocycles. The molecule has 2 N–H and O–H groups in total. The molecule has 5 nitrogen and oxygen atoms in total. The van der Waals surface area contributed by atoms with Crippen molar-refractivity contribution in [2.45, 2.75) is 13.8 Å². The van der Waals surface area contributed by atoms with Gasteiger partial charge in [0.15, 0.2) is 5.69 Å². The van der Waals surface area contributed by atoms with Crippen molar-refractivity contribution in [3.05, 3.63) is 17.5 Å². The van der Waals surface area contributed by atoms with Crippen molar-refractivity contribution in [1.29, 1.82) is 0 Å². The van der Waals surface area contributed by atoms with Gasteiger partial charge in [-0.15, -0.1) is 5.92 Å². The number of carbonyl (C=O) groups is 1. The maximum atomic E-state index is 10.7. The molecule has 0 bridgehead atoms. The second kappa shape index (κ2) is 4.96. The number of nitrogens with one attached hydrogen (secondary N) is 1. The van der Waals surface area contributed by atoms with Crippen LogP contribution in [0.25, 0.3) is 0 Å². The molecule has 0 aliphatic carbocycles. The molecule has 0 aromatic carbocycles. The zero-order valence-corrected chi connectivity index (χ0v) is 8.53. The van der Waals surface area contributed by atoms with E-state index >= 15 is 0 Å². The van der Waals surface area contributed by atoms with Gasteiger partial charge in [0.05, 0.1) is 6.54 Å². The van der Waals surface area contributed by atoms with E-state index < -0.39 is 5.97 Å². The Labute approximate surface area is 87.6 Å². The molecule has 1 aromatic heterocycles. The zero-order valence-electron chi connectivity index (χ0n) is 8.53. The zero-order chi connectivity index (χ0) is 11.3. The summed E-state index contributed by atoms with van der Waals surface area (Å²) in [5, 5.41) is 11.6. The fourth-order valence-corrected chi connectivity index (χ4v) is 0.969. The highest BCUT2D eigenvalue weighted by Gasteiger charge is 2.07. The van der Waals surface area contributed by atoms with Gasteiger partial charge in [0.25, 0.3) is 0 Å². The summed E-state index contributed by atoms with van der Waals surface area (Å²) in [5.74, 6) is 4.70. The van der Waals surface area contributed by atoms with Gasteiger partial charge in [-0.05, 0) is 19.9 Å². The van der Waals surface area contributed by atoms with Crippen molar-refractivity contribution >= 4 is 11.9 Å². The highest BCUT2D eigenvalue weighted by Crippen LogP contribution is 2.04. The molecule has 0 unspecified atom stereocenters. The van der Waals surface area contributed by atoms with Gasteiger partial charge in [-0.3, -0.25) is 0 Å². The van der Waals surface area contributed by atoms with Gasteiger partial charge in [0.2, 0.25) is 5.95 Å². The lowest BCUT2D eigenvalue weighted by atomic mass is 10.3. The quantitative estimate of drug-likeness (QED) is 0.717. The summed E-state index contributed by atoms with van der Waals surface area (Å²) in [6.07, 6.45) is 0. The third-order valence-corrected chi connectivity index (χ3v) is 1.58. The third-order valence-electron chi connectivity index (χ3n) is 1.58. The van der Waals surface area contributed by atoms with E-state index in [-0.39, 0.29) is 11.6 Å². The van der Waals surface area contributed by atoms with Gasteiger partial charge >= 0.3 is 5.97 Å². The average Bonchev–Trinajstić information content (AvgIpc) is 2.17. The van der Waals surface area contributed by atoms with Gasteiger partial charge in [0.1, 0.15) is 0 Å². The van der Waals surface area contributed by atoms with E-state index in [1.165, 1.54) is 6.07 Å². The van der Waals surface area contributed by atoms with E-state index in [9.17, 15) is 4.79 Å². The van der Waals surface area contributed by atoms with E-state index in [1.54, 1.807) is 13.8 Å². The number of aryl methyl sites for hydroxylation is 1. The molecular weight excluding hydrogens is 194 g/mol. The minimum absolute atomic E-state index is 0.0190. The van der Waals surface area contributed by atoms with Crippen LogP contribution in [-0.4, -0.2) is 27.6 Å². The van der Waals surface area contributed by atoms with Gasteiger partial charge in [0, 0.05) is 5.69 Å². The molecule has 78 valence electrons. The first kappa shape index (κ1) is 11.0. The van der Waals surface area contributed by atoms with Crippen LogP contribution in [0.3, 0.4) is 0 Å². The standard InChI is InChI=1S/C10H11N3O2/c1-3-4-5-11-10-12-7(2)6-8(13-10)9(14)15/h6H,5H2,1-2H3,(H,14,15)(H,11,12,13). The van der Waals surface area contributed by atoms with Crippen LogP contribution in [0.1, 0.15) is 23.1 Å². The summed E-state index contributed by atoms with van der Waals surface area (Å²) in [6.45, 7) is 3.84. The Morgan fingerprint density at radius 3 is 2.93 bits per heavy atom. The van der Waals surface area contributed by atoms with Crippen LogP contribution >= 0.6 is 0 Å². The summed E-state index contributed by atoms with van der Waals surface area (Å²) in [4.78, 5) is 18.5. The van der Waals surface area contributed by atoms with Crippen LogP contribution in [0.4, 0.5) is 5.95 Å². The monoisotopic (exact) mass is 205 g/mol. The number of hydrogen-bond donors (Lipinski definition) is 2. The highest BCUT2D eigenvalue weighted by molar-refractivity contribution is 5.85. The molecule has 0 amide bonds. The van der Waals surface area contributed by atoms with Crippen molar-refractivity contribution in [3.8, 4) is 11.8 Å². The van der Waals surface area contributed by atoms with E-state index in [0.29, 0.717) is 12.2 Å². The first-order valence-electron chi connectivity index (χ1n) is 4.36. The molecule has 15 heavy (non-hydrogen) atoms. The molecule has 1 rings (SSSR count). The van der Waals surface area contributed by atoms with Gasteiger partial charge in [-0.1, -0.05) is 5.92 Å². The number of aromatic nitrogens is 2. The maximum Gasteiger partial charge on any atom is 0.354 e.